The van der Waals surface area contributed by atoms with Crippen LogP contribution in [0.15, 0.2) is 47.4 Å². The van der Waals surface area contributed by atoms with Crippen molar-refractivity contribution in [3.8, 4) is 0 Å². The topological polar surface area (TPSA) is 74.7 Å². The zero-order valence-electron chi connectivity index (χ0n) is 12.7. The molecule has 1 atom stereocenters. The number of carboxylic acid groups (broad SMARTS) is 1. The van der Waals surface area contributed by atoms with Gasteiger partial charge in [0.05, 0.1) is 10.8 Å². The van der Waals surface area contributed by atoms with Crippen LogP contribution >= 0.6 is 0 Å². The van der Waals surface area contributed by atoms with Gasteiger partial charge in [-0.15, -0.1) is 0 Å². The highest BCUT2D eigenvalue weighted by Crippen LogP contribution is 2.25. The van der Waals surface area contributed by atoms with Crippen molar-refractivity contribution in [1.29, 1.82) is 0 Å². The van der Waals surface area contributed by atoms with Crippen molar-refractivity contribution in [2.45, 2.75) is 24.2 Å². The molecule has 23 heavy (non-hydrogen) atoms. The molecule has 0 spiro atoms. The second kappa shape index (κ2) is 6.29. The average molecular weight is 333 g/mol. The summed E-state index contributed by atoms with van der Waals surface area (Å²) in [7, 11) is -3.59. The van der Waals surface area contributed by atoms with E-state index in [1.807, 2.05) is 24.3 Å². The van der Waals surface area contributed by atoms with Gasteiger partial charge in [-0.1, -0.05) is 30.3 Å². The molecule has 1 aliphatic rings. The van der Waals surface area contributed by atoms with Gasteiger partial charge in [-0.2, -0.15) is 4.31 Å². The van der Waals surface area contributed by atoms with Crippen LogP contribution in [0.1, 0.15) is 19.3 Å². The van der Waals surface area contributed by atoms with Crippen LogP contribution in [0.3, 0.4) is 0 Å². The summed E-state index contributed by atoms with van der Waals surface area (Å²) in [5.74, 6) is -1.29. The van der Waals surface area contributed by atoms with E-state index < -0.39 is 21.9 Å². The summed E-state index contributed by atoms with van der Waals surface area (Å²) in [5, 5.41) is 11.0. The summed E-state index contributed by atoms with van der Waals surface area (Å²) in [6.07, 6.45) is 1.46. The van der Waals surface area contributed by atoms with Crippen LogP contribution in [-0.2, 0) is 14.8 Å². The van der Waals surface area contributed by atoms with E-state index in [0.717, 1.165) is 10.8 Å². The standard InChI is InChI=1S/C17H19NO4S/c19-17(20)14-6-3-10-18(11-9-14)23(21,22)16-8-7-13-4-1-2-5-15(13)12-16/h1-2,4-5,7-8,12,14H,3,6,9-11H2,(H,19,20). The number of benzene rings is 2. The Morgan fingerprint density at radius 3 is 2.52 bits per heavy atom. The fourth-order valence-corrected chi connectivity index (χ4v) is 4.56. The smallest absolute Gasteiger partial charge is 0.306 e. The first-order valence-electron chi connectivity index (χ1n) is 7.70. The van der Waals surface area contributed by atoms with Gasteiger partial charge in [-0.25, -0.2) is 8.42 Å². The van der Waals surface area contributed by atoms with Crippen LogP contribution in [0.5, 0.6) is 0 Å². The Bertz CT molecular complexity index is 831. The molecular formula is C17H19NO4S. The van der Waals surface area contributed by atoms with E-state index in [1.54, 1.807) is 18.2 Å². The molecule has 1 fully saturated rings. The molecule has 0 aromatic heterocycles. The maximum absolute atomic E-state index is 12.8. The Balaban J connectivity index is 1.89. The zero-order chi connectivity index (χ0) is 16.4. The van der Waals surface area contributed by atoms with Gasteiger partial charge in [0, 0.05) is 13.1 Å². The van der Waals surface area contributed by atoms with Gasteiger partial charge in [0.15, 0.2) is 0 Å². The lowest BCUT2D eigenvalue weighted by Crippen LogP contribution is -2.32. The molecule has 122 valence electrons. The lowest BCUT2D eigenvalue weighted by atomic mass is 10.0. The Kier molecular flexibility index (Phi) is 4.37. The van der Waals surface area contributed by atoms with E-state index in [2.05, 4.69) is 0 Å². The van der Waals surface area contributed by atoms with Gasteiger partial charge in [-0.05, 0) is 42.2 Å². The predicted octanol–water partition coefficient (Wildman–Crippen LogP) is 2.72. The van der Waals surface area contributed by atoms with Crippen molar-refractivity contribution >= 4 is 26.8 Å². The third-order valence-corrected chi connectivity index (χ3v) is 6.29. The number of hydrogen-bond acceptors (Lipinski definition) is 3. The van der Waals surface area contributed by atoms with Gasteiger partial charge in [-0.3, -0.25) is 4.79 Å². The van der Waals surface area contributed by atoms with Crippen LogP contribution in [0.4, 0.5) is 0 Å². The summed E-state index contributed by atoms with van der Waals surface area (Å²) in [5.41, 5.74) is 0. The first-order valence-corrected chi connectivity index (χ1v) is 9.14. The summed E-state index contributed by atoms with van der Waals surface area (Å²) in [6, 6.07) is 12.7. The van der Waals surface area contributed by atoms with Crippen molar-refractivity contribution in [3.05, 3.63) is 42.5 Å². The minimum atomic E-state index is -3.59. The van der Waals surface area contributed by atoms with Crippen LogP contribution in [0.25, 0.3) is 10.8 Å². The minimum absolute atomic E-state index is 0.256. The quantitative estimate of drug-likeness (QED) is 0.937. The lowest BCUT2D eigenvalue weighted by Gasteiger charge is -2.20. The summed E-state index contributed by atoms with van der Waals surface area (Å²) >= 11 is 0. The summed E-state index contributed by atoms with van der Waals surface area (Å²) in [6.45, 7) is 0.630. The maximum Gasteiger partial charge on any atom is 0.306 e. The molecule has 5 nitrogen and oxygen atoms in total. The molecule has 1 saturated heterocycles. The summed E-state index contributed by atoms with van der Waals surface area (Å²) < 4.78 is 27.1. The highest BCUT2D eigenvalue weighted by molar-refractivity contribution is 7.89. The van der Waals surface area contributed by atoms with Crippen LogP contribution in [0.2, 0.25) is 0 Å². The Morgan fingerprint density at radius 2 is 1.78 bits per heavy atom. The van der Waals surface area contributed by atoms with Crippen molar-refractivity contribution in [1.82, 2.24) is 4.31 Å². The zero-order valence-corrected chi connectivity index (χ0v) is 13.5. The first kappa shape index (κ1) is 16.0. The van der Waals surface area contributed by atoms with Crippen molar-refractivity contribution in [2.75, 3.05) is 13.1 Å². The van der Waals surface area contributed by atoms with Crippen molar-refractivity contribution in [2.24, 2.45) is 5.92 Å². The number of hydrogen-bond donors (Lipinski definition) is 1. The van der Waals surface area contributed by atoms with Gasteiger partial charge in [0.25, 0.3) is 0 Å². The third-order valence-electron chi connectivity index (χ3n) is 4.40. The molecule has 1 aliphatic heterocycles. The number of rotatable bonds is 3. The third kappa shape index (κ3) is 3.23. The molecule has 0 bridgehead atoms. The van der Waals surface area contributed by atoms with Crippen LogP contribution < -0.4 is 0 Å². The summed E-state index contributed by atoms with van der Waals surface area (Å²) in [4.78, 5) is 11.4. The molecule has 0 radical (unpaired) electrons. The highest BCUT2D eigenvalue weighted by atomic mass is 32.2. The molecule has 1 N–H and O–H groups in total. The van der Waals surface area contributed by atoms with Gasteiger partial charge >= 0.3 is 5.97 Å². The fourth-order valence-electron chi connectivity index (χ4n) is 3.03. The molecule has 1 heterocycles. The first-order chi connectivity index (χ1) is 11.0. The molecule has 3 rings (SSSR count). The van der Waals surface area contributed by atoms with E-state index in [1.165, 1.54) is 4.31 Å². The van der Waals surface area contributed by atoms with E-state index >= 15 is 0 Å². The Hall–Kier alpha value is -1.92. The average Bonchev–Trinajstić information content (AvgIpc) is 2.81. The van der Waals surface area contributed by atoms with E-state index in [0.29, 0.717) is 25.8 Å². The number of nitrogens with zero attached hydrogens (tertiary/aromatic N) is 1. The normalized spacial score (nSPS) is 20.3. The lowest BCUT2D eigenvalue weighted by molar-refractivity contribution is -0.142. The minimum Gasteiger partial charge on any atom is -0.481 e. The molecule has 6 heteroatoms. The van der Waals surface area contributed by atoms with Gasteiger partial charge < -0.3 is 5.11 Å². The van der Waals surface area contributed by atoms with E-state index in [9.17, 15) is 13.2 Å². The largest absolute Gasteiger partial charge is 0.481 e. The van der Waals surface area contributed by atoms with E-state index in [4.69, 9.17) is 5.11 Å². The SMILES string of the molecule is O=C(O)C1CCCN(S(=O)(=O)c2ccc3ccccc3c2)CC1. The molecule has 0 saturated carbocycles. The molecular weight excluding hydrogens is 314 g/mol. The van der Waals surface area contributed by atoms with Gasteiger partial charge in [0.2, 0.25) is 10.0 Å². The maximum atomic E-state index is 12.8. The van der Waals surface area contributed by atoms with Crippen LogP contribution in [0, 0.1) is 5.92 Å². The van der Waals surface area contributed by atoms with Crippen molar-refractivity contribution < 1.29 is 18.3 Å². The van der Waals surface area contributed by atoms with Crippen LogP contribution in [-0.4, -0.2) is 36.9 Å². The molecule has 2 aromatic rings. The Labute approximate surface area is 135 Å². The van der Waals surface area contributed by atoms with Crippen molar-refractivity contribution in [3.63, 3.8) is 0 Å². The number of sulfonamides is 1. The molecule has 0 amide bonds. The molecule has 0 aliphatic carbocycles. The number of carboxylic acids is 1. The second-order valence-corrected chi connectivity index (χ2v) is 7.82. The molecule has 1 unspecified atom stereocenters. The predicted molar refractivity (Wildman–Crippen MR) is 87.7 cm³/mol. The van der Waals surface area contributed by atoms with E-state index in [-0.39, 0.29) is 11.4 Å². The number of fused-ring (bicyclic) bond motifs is 1. The number of carbonyl (C=O) groups is 1. The Morgan fingerprint density at radius 1 is 1.04 bits per heavy atom. The monoisotopic (exact) mass is 333 g/mol. The highest BCUT2D eigenvalue weighted by Gasteiger charge is 2.29. The fraction of sp³-hybridized carbons (Fsp3) is 0.353. The number of aliphatic carboxylic acids is 1. The molecule has 2 aromatic carbocycles. The second-order valence-electron chi connectivity index (χ2n) is 5.88. The van der Waals surface area contributed by atoms with Gasteiger partial charge in [0.1, 0.15) is 0 Å².